The van der Waals surface area contributed by atoms with Gasteiger partial charge in [0.2, 0.25) is 0 Å². The number of hydrogen-bond donors (Lipinski definition) is 1. The van der Waals surface area contributed by atoms with Crippen LogP contribution in [0.4, 0.5) is 0 Å². The van der Waals surface area contributed by atoms with Crippen molar-refractivity contribution in [2.24, 2.45) is 0 Å². The van der Waals surface area contributed by atoms with Gasteiger partial charge in [-0.05, 0) is 19.3 Å². The highest BCUT2D eigenvalue weighted by molar-refractivity contribution is 7.99. The number of hydrogen-bond acceptors (Lipinski definition) is 4. The topological polar surface area (TPSA) is 53.9 Å². The molecule has 0 unspecified atom stereocenters. The van der Waals surface area contributed by atoms with Crippen molar-refractivity contribution < 1.29 is 4.79 Å². The lowest BCUT2D eigenvalue weighted by atomic mass is 10.1. The maximum Gasteiger partial charge on any atom is 0.257 e. The van der Waals surface area contributed by atoms with E-state index < -0.39 is 0 Å². The lowest BCUT2D eigenvalue weighted by Crippen LogP contribution is -2.38. The molecule has 0 bridgehead atoms. The number of amides is 1. The smallest absolute Gasteiger partial charge is 0.257 e. The summed E-state index contributed by atoms with van der Waals surface area (Å²) in [5.74, 6) is 2.21. The van der Waals surface area contributed by atoms with E-state index in [4.69, 9.17) is 12.2 Å². The number of rotatable bonds is 1. The average molecular weight is 348 g/mol. The third kappa shape index (κ3) is 2.59. The largest absolute Gasteiger partial charge is 0.344 e. The minimum absolute atomic E-state index is 0.155. The Kier molecular flexibility index (Phi) is 4.15. The van der Waals surface area contributed by atoms with Crippen molar-refractivity contribution in [3.05, 3.63) is 22.2 Å². The van der Waals surface area contributed by atoms with Crippen molar-refractivity contribution >= 4 is 40.9 Å². The van der Waals surface area contributed by atoms with Crippen LogP contribution in [0, 0.1) is 4.64 Å². The Hall–Kier alpha value is -1.34. The van der Waals surface area contributed by atoms with Gasteiger partial charge in [0.05, 0.1) is 17.4 Å². The maximum atomic E-state index is 13.2. The maximum absolute atomic E-state index is 13.2. The van der Waals surface area contributed by atoms with Gasteiger partial charge in [-0.15, -0.1) is 0 Å². The van der Waals surface area contributed by atoms with Crippen molar-refractivity contribution in [1.29, 1.82) is 0 Å². The van der Waals surface area contributed by atoms with Gasteiger partial charge >= 0.3 is 0 Å². The first-order chi connectivity index (χ1) is 11.3. The summed E-state index contributed by atoms with van der Waals surface area (Å²) in [6.45, 7) is 2.60. The molecular formula is C16H20N4OS2. The van der Waals surface area contributed by atoms with Gasteiger partial charge in [-0.3, -0.25) is 4.79 Å². The summed E-state index contributed by atoms with van der Waals surface area (Å²) in [7, 11) is 0. The van der Waals surface area contributed by atoms with Crippen LogP contribution in [-0.2, 0) is 13.0 Å². The van der Waals surface area contributed by atoms with E-state index in [0.29, 0.717) is 4.64 Å². The van der Waals surface area contributed by atoms with E-state index in [9.17, 15) is 4.79 Å². The van der Waals surface area contributed by atoms with Crippen LogP contribution < -0.4 is 0 Å². The molecule has 1 fully saturated rings. The minimum Gasteiger partial charge on any atom is -0.344 e. The van der Waals surface area contributed by atoms with Crippen LogP contribution in [0.1, 0.15) is 35.3 Å². The molecule has 2 aromatic heterocycles. The molecule has 0 aliphatic carbocycles. The summed E-state index contributed by atoms with van der Waals surface area (Å²) in [5.41, 5.74) is 3.80. The number of carbonyl (C=O) groups excluding carboxylic acids is 1. The Balaban J connectivity index is 1.91. The molecule has 4 rings (SSSR count). The van der Waals surface area contributed by atoms with Crippen molar-refractivity contribution in [3.8, 4) is 0 Å². The predicted octanol–water partition coefficient (Wildman–Crippen LogP) is 3.01. The molecule has 1 N–H and O–H groups in total. The molecule has 0 radical (unpaired) electrons. The predicted molar refractivity (Wildman–Crippen MR) is 95.7 cm³/mol. The number of nitrogens with one attached hydrogen (secondary N) is 1. The van der Waals surface area contributed by atoms with E-state index in [2.05, 4.69) is 14.5 Å². The van der Waals surface area contributed by atoms with E-state index in [-0.39, 0.29) is 5.91 Å². The first-order valence-corrected chi connectivity index (χ1v) is 9.79. The van der Waals surface area contributed by atoms with Crippen LogP contribution in [0.25, 0.3) is 11.0 Å². The molecule has 23 heavy (non-hydrogen) atoms. The monoisotopic (exact) mass is 348 g/mol. The number of aryl methyl sites for hydroxylation is 1. The highest BCUT2D eigenvalue weighted by Gasteiger charge is 2.28. The molecule has 5 nitrogen and oxygen atoms in total. The number of thioether (sulfide) groups is 1. The number of H-pyrrole nitrogens is 1. The van der Waals surface area contributed by atoms with Crippen LogP contribution in [0.2, 0.25) is 0 Å². The second-order valence-electron chi connectivity index (χ2n) is 6.12. The Morgan fingerprint density at radius 3 is 2.87 bits per heavy atom. The van der Waals surface area contributed by atoms with E-state index in [1.165, 1.54) is 6.42 Å². The summed E-state index contributed by atoms with van der Waals surface area (Å²) < 4.78 is 2.84. The second kappa shape index (κ2) is 6.28. The summed E-state index contributed by atoms with van der Waals surface area (Å²) in [6.07, 6.45) is 6.03. The number of aromatic nitrogens is 3. The Labute approximate surface area is 144 Å². The zero-order valence-corrected chi connectivity index (χ0v) is 14.6. The van der Waals surface area contributed by atoms with Crippen LogP contribution >= 0.6 is 24.0 Å². The minimum atomic E-state index is 0.155. The van der Waals surface area contributed by atoms with Crippen molar-refractivity contribution in [1.82, 2.24) is 19.4 Å². The number of aromatic amines is 1. The molecule has 122 valence electrons. The number of carbonyl (C=O) groups is 1. The molecule has 0 saturated carbocycles. The molecule has 4 heterocycles. The lowest BCUT2D eigenvalue weighted by molar-refractivity contribution is 0.0772. The van der Waals surface area contributed by atoms with Crippen molar-refractivity contribution in [3.63, 3.8) is 0 Å². The first-order valence-electron chi connectivity index (χ1n) is 8.23. The number of fused-ring (bicyclic) bond motifs is 3. The third-order valence-electron chi connectivity index (χ3n) is 4.77. The van der Waals surface area contributed by atoms with Gasteiger partial charge in [0.1, 0.15) is 5.52 Å². The normalized spacial score (nSPS) is 18.7. The van der Waals surface area contributed by atoms with Crippen LogP contribution in [0.3, 0.4) is 0 Å². The molecule has 0 atom stereocenters. The van der Waals surface area contributed by atoms with Gasteiger partial charge < -0.3 is 14.5 Å². The Morgan fingerprint density at radius 2 is 2.04 bits per heavy atom. The van der Waals surface area contributed by atoms with Gasteiger partial charge in [0.25, 0.3) is 5.91 Å². The van der Waals surface area contributed by atoms with Crippen LogP contribution in [0.15, 0.2) is 6.33 Å². The highest BCUT2D eigenvalue weighted by atomic mass is 32.2. The molecule has 1 amide bonds. The molecular weight excluding hydrogens is 328 g/mol. The quantitative estimate of drug-likeness (QED) is 0.805. The second-order valence-corrected chi connectivity index (χ2v) is 7.73. The summed E-state index contributed by atoms with van der Waals surface area (Å²) in [5, 5.41) is 0. The average Bonchev–Trinajstić information content (AvgIpc) is 2.73. The molecule has 7 heteroatoms. The molecule has 2 aliphatic rings. The fourth-order valence-corrected chi connectivity index (χ4v) is 4.82. The van der Waals surface area contributed by atoms with Gasteiger partial charge in [-0.1, -0.05) is 18.6 Å². The molecule has 0 spiro atoms. The van der Waals surface area contributed by atoms with E-state index in [1.54, 1.807) is 6.33 Å². The van der Waals surface area contributed by atoms with Gasteiger partial charge in [0.15, 0.2) is 4.64 Å². The highest BCUT2D eigenvalue weighted by Crippen LogP contribution is 2.30. The van der Waals surface area contributed by atoms with Crippen LogP contribution in [0.5, 0.6) is 0 Å². The molecule has 0 aromatic carbocycles. The van der Waals surface area contributed by atoms with E-state index >= 15 is 0 Å². The first kappa shape index (κ1) is 15.2. The lowest BCUT2D eigenvalue weighted by Gasteiger charge is -2.26. The van der Waals surface area contributed by atoms with E-state index in [0.717, 1.165) is 72.7 Å². The van der Waals surface area contributed by atoms with Crippen LogP contribution in [-0.4, -0.2) is 49.9 Å². The van der Waals surface area contributed by atoms with Crippen molar-refractivity contribution in [2.45, 2.75) is 32.2 Å². The molecule has 1 saturated heterocycles. The molecule has 2 aliphatic heterocycles. The SMILES string of the molecule is O=C(c1c2n(c3c(=S)nc[nH]c13)CCCCC2)N1CCSCC1. The Bertz CT molecular complexity index is 804. The zero-order valence-electron chi connectivity index (χ0n) is 13.0. The zero-order chi connectivity index (χ0) is 15.8. The van der Waals surface area contributed by atoms with E-state index in [1.807, 2.05) is 16.7 Å². The third-order valence-corrected chi connectivity index (χ3v) is 6.01. The van der Waals surface area contributed by atoms with Gasteiger partial charge in [-0.2, -0.15) is 11.8 Å². The van der Waals surface area contributed by atoms with Gasteiger partial charge in [-0.25, -0.2) is 4.98 Å². The summed E-state index contributed by atoms with van der Waals surface area (Å²) >= 11 is 7.38. The Morgan fingerprint density at radius 1 is 1.22 bits per heavy atom. The standard InChI is InChI=1S/C16H20N4OS2/c21-16(19-6-8-23-9-7-19)12-11-4-2-1-3-5-20(11)14-13(12)17-10-18-15(14)22/h10H,1-9H2,(H,17,18,22). The van der Waals surface area contributed by atoms with Crippen molar-refractivity contribution in [2.75, 3.05) is 24.6 Å². The fraction of sp³-hybridized carbons (Fsp3) is 0.562. The number of nitrogens with zero attached hydrogens (tertiary/aromatic N) is 3. The summed E-state index contributed by atoms with van der Waals surface area (Å²) in [6, 6.07) is 0. The molecule has 2 aromatic rings. The van der Waals surface area contributed by atoms with Gasteiger partial charge in [0, 0.05) is 36.8 Å². The summed E-state index contributed by atoms with van der Waals surface area (Å²) in [4.78, 5) is 22.6. The fourth-order valence-electron chi connectivity index (χ4n) is 3.65.